The zero-order valence-corrected chi connectivity index (χ0v) is 13.8. The molecule has 0 bridgehead atoms. The number of amides is 2. The fourth-order valence-corrected chi connectivity index (χ4v) is 4.06. The van der Waals surface area contributed by atoms with Crippen LogP contribution in [0.4, 0.5) is 0 Å². The Hall–Kier alpha value is -1.36. The number of thiophene rings is 1. The molecule has 2 amide bonds. The molecule has 0 aromatic carbocycles. The molecule has 0 fully saturated rings. The predicted molar refractivity (Wildman–Crippen MR) is 85.4 cm³/mol. The lowest BCUT2D eigenvalue weighted by Crippen LogP contribution is -2.48. The number of hydrogen-bond donors (Lipinski definition) is 2. The van der Waals surface area contributed by atoms with Gasteiger partial charge in [-0.2, -0.15) is 0 Å². The highest BCUT2D eigenvalue weighted by Crippen LogP contribution is 2.32. The number of rotatable bonds is 5. The third-order valence-corrected chi connectivity index (χ3v) is 5.50. The zero-order valence-electron chi connectivity index (χ0n) is 12.9. The highest BCUT2D eigenvalue weighted by atomic mass is 32.1. The van der Waals surface area contributed by atoms with Crippen molar-refractivity contribution in [1.82, 2.24) is 5.32 Å². The van der Waals surface area contributed by atoms with E-state index < -0.39 is 11.9 Å². The lowest BCUT2D eigenvalue weighted by atomic mass is 9.88. The molecule has 5 heteroatoms. The van der Waals surface area contributed by atoms with Gasteiger partial charge >= 0.3 is 0 Å². The largest absolute Gasteiger partial charge is 0.368 e. The van der Waals surface area contributed by atoms with Crippen molar-refractivity contribution in [2.75, 3.05) is 0 Å². The van der Waals surface area contributed by atoms with Gasteiger partial charge in [0.05, 0.1) is 5.56 Å². The van der Waals surface area contributed by atoms with E-state index in [1.807, 2.05) is 19.2 Å². The minimum absolute atomic E-state index is 0.0425. The molecule has 1 aliphatic carbocycles. The average Bonchev–Trinajstić information content (AvgIpc) is 2.86. The fraction of sp³-hybridized carbons (Fsp3) is 0.625. The number of nitrogens with one attached hydrogen (secondary N) is 1. The Labute approximate surface area is 130 Å². The van der Waals surface area contributed by atoms with Crippen LogP contribution in [0.1, 0.15) is 54.4 Å². The van der Waals surface area contributed by atoms with E-state index in [0.29, 0.717) is 5.92 Å². The van der Waals surface area contributed by atoms with Gasteiger partial charge in [0, 0.05) is 10.3 Å². The summed E-state index contributed by atoms with van der Waals surface area (Å²) in [4.78, 5) is 25.3. The van der Waals surface area contributed by atoms with E-state index in [0.717, 1.165) is 31.2 Å². The highest BCUT2D eigenvalue weighted by molar-refractivity contribution is 7.10. The summed E-state index contributed by atoms with van der Waals surface area (Å²) in [5.74, 6) is 0.105. The van der Waals surface area contributed by atoms with Gasteiger partial charge in [0.15, 0.2) is 0 Å². The predicted octanol–water partition coefficient (Wildman–Crippen LogP) is 2.50. The van der Waals surface area contributed by atoms with Crippen LogP contribution in [0.3, 0.4) is 0 Å². The molecule has 4 nitrogen and oxygen atoms in total. The molecular weight excluding hydrogens is 284 g/mol. The zero-order chi connectivity index (χ0) is 15.6. The van der Waals surface area contributed by atoms with Gasteiger partial charge in [0.25, 0.3) is 5.91 Å². The monoisotopic (exact) mass is 308 g/mol. The van der Waals surface area contributed by atoms with Gasteiger partial charge in [-0.3, -0.25) is 9.59 Å². The Kier molecular flexibility index (Phi) is 5.04. The maximum Gasteiger partial charge on any atom is 0.253 e. The van der Waals surface area contributed by atoms with Crippen molar-refractivity contribution < 1.29 is 9.59 Å². The summed E-state index contributed by atoms with van der Waals surface area (Å²) in [5.41, 5.74) is 7.32. The van der Waals surface area contributed by atoms with Crippen molar-refractivity contribution in [2.45, 2.75) is 52.5 Å². The third-order valence-electron chi connectivity index (χ3n) is 4.45. The van der Waals surface area contributed by atoms with Crippen molar-refractivity contribution >= 4 is 23.2 Å². The van der Waals surface area contributed by atoms with E-state index in [1.54, 1.807) is 11.3 Å². The minimum Gasteiger partial charge on any atom is -0.368 e. The summed E-state index contributed by atoms with van der Waals surface area (Å²) in [6.45, 7) is 6.16. The highest BCUT2D eigenvalue weighted by Gasteiger charge is 2.27. The van der Waals surface area contributed by atoms with Crippen LogP contribution < -0.4 is 11.1 Å². The molecule has 0 radical (unpaired) electrons. The molecular formula is C16H24N2O2S. The molecule has 1 aromatic rings. The molecule has 0 saturated carbocycles. The summed E-state index contributed by atoms with van der Waals surface area (Å²) < 4.78 is 0. The minimum atomic E-state index is -0.597. The van der Waals surface area contributed by atoms with E-state index >= 15 is 0 Å². The van der Waals surface area contributed by atoms with Gasteiger partial charge in [-0.05, 0) is 36.7 Å². The van der Waals surface area contributed by atoms with Crippen LogP contribution in [0.2, 0.25) is 0 Å². The summed E-state index contributed by atoms with van der Waals surface area (Å²) >= 11 is 1.66. The Bertz CT molecular complexity index is 538. The Morgan fingerprint density at radius 3 is 2.86 bits per heavy atom. The first-order chi connectivity index (χ1) is 9.93. The van der Waals surface area contributed by atoms with Crippen molar-refractivity contribution in [3.05, 3.63) is 21.4 Å². The number of carbonyl (C=O) groups is 2. The van der Waals surface area contributed by atoms with E-state index in [4.69, 9.17) is 5.73 Å². The van der Waals surface area contributed by atoms with Crippen molar-refractivity contribution in [3.63, 3.8) is 0 Å². The van der Waals surface area contributed by atoms with Gasteiger partial charge in [-0.15, -0.1) is 11.3 Å². The second-order valence-corrected chi connectivity index (χ2v) is 7.10. The third kappa shape index (κ3) is 3.46. The normalized spacial score (nSPS) is 20.4. The fourth-order valence-electron chi connectivity index (χ4n) is 2.82. The topological polar surface area (TPSA) is 72.2 Å². The van der Waals surface area contributed by atoms with E-state index in [9.17, 15) is 9.59 Å². The molecule has 1 heterocycles. The van der Waals surface area contributed by atoms with E-state index in [-0.39, 0.29) is 11.8 Å². The summed E-state index contributed by atoms with van der Waals surface area (Å²) in [7, 11) is 0. The van der Waals surface area contributed by atoms with Crippen LogP contribution in [0.25, 0.3) is 0 Å². The maximum atomic E-state index is 12.5. The molecule has 0 saturated heterocycles. The Morgan fingerprint density at radius 2 is 2.24 bits per heavy atom. The number of primary amides is 1. The van der Waals surface area contributed by atoms with Crippen LogP contribution in [-0.4, -0.2) is 17.9 Å². The standard InChI is InChI=1S/C16H24N2O2S/c1-4-10(3)14(15(17)19)18-16(20)12-8-21-13-7-9(2)5-6-11(12)13/h8-10,14H,4-7H2,1-3H3,(H2,17,19)(H,18,20). The number of fused-ring (bicyclic) bond motifs is 1. The van der Waals surface area contributed by atoms with Crippen LogP contribution in [0.15, 0.2) is 5.38 Å². The molecule has 21 heavy (non-hydrogen) atoms. The number of carbonyl (C=O) groups excluding carboxylic acids is 2. The quantitative estimate of drug-likeness (QED) is 0.877. The van der Waals surface area contributed by atoms with Gasteiger partial charge in [-0.25, -0.2) is 0 Å². The SMILES string of the molecule is CCC(C)C(NC(=O)c1csc2c1CCC(C)C2)C(N)=O. The van der Waals surface area contributed by atoms with Crippen LogP contribution in [0, 0.1) is 11.8 Å². The smallest absolute Gasteiger partial charge is 0.253 e. The van der Waals surface area contributed by atoms with Crippen molar-refractivity contribution in [2.24, 2.45) is 17.6 Å². The molecule has 3 unspecified atom stereocenters. The van der Waals surface area contributed by atoms with E-state index in [2.05, 4.69) is 12.2 Å². The molecule has 3 N–H and O–H groups in total. The molecule has 1 aliphatic rings. The summed E-state index contributed by atoms with van der Waals surface area (Å²) in [5, 5.41) is 4.75. The molecule has 3 atom stereocenters. The molecule has 2 rings (SSSR count). The van der Waals surface area contributed by atoms with Crippen LogP contribution >= 0.6 is 11.3 Å². The first kappa shape index (κ1) is 16.0. The number of hydrogen-bond acceptors (Lipinski definition) is 3. The number of nitrogens with two attached hydrogens (primary N) is 1. The first-order valence-corrected chi connectivity index (χ1v) is 8.51. The Balaban J connectivity index is 2.15. The van der Waals surface area contributed by atoms with Gasteiger partial charge < -0.3 is 11.1 Å². The van der Waals surface area contributed by atoms with Crippen LogP contribution in [0.5, 0.6) is 0 Å². The molecule has 1 aromatic heterocycles. The molecule has 116 valence electrons. The maximum absolute atomic E-state index is 12.5. The average molecular weight is 308 g/mol. The van der Waals surface area contributed by atoms with Gasteiger partial charge in [0.1, 0.15) is 6.04 Å². The first-order valence-electron chi connectivity index (χ1n) is 7.63. The summed E-state index contributed by atoms with van der Waals surface area (Å²) in [6, 6.07) is -0.597. The Morgan fingerprint density at radius 1 is 1.52 bits per heavy atom. The molecule has 0 spiro atoms. The lowest BCUT2D eigenvalue weighted by Gasteiger charge is -2.22. The lowest BCUT2D eigenvalue weighted by molar-refractivity contribution is -0.120. The summed E-state index contributed by atoms with van der Waals surface area (Å²) in [6.07, 6.45) is 3.92. The van der Waals surface area contributed by atoms with Crippen LogP contribution in [-0.2, 0) is 17.6 Å². The second-order valence-electron chi connectivity index (χ2n) is 6.14. The van der Waals surface area contributed by atoms with Gasteiger partial charge in [-0.1, -0.05) is 27.2 Å². The second kappa shape index (κ2) is 6.60. The molecule has 0 aliphatic heterocycles. The van der Waals surface area contributed by atoms with Crippen molar-refractivity contribution in [1.29, 1.82) is 0 Å². The van der Waals surface area contributed by atoms with Gasteiger partial charge in [0.2, 0.25) is 5.91 Å². The van der Waals surface area contributed by atoms with E-state index in [1.165, 1.54) is 10.4 Å². The van der Waals surface area contributed by atoms with Crippen molar-refractivity contribution in [3.8, 4) is 0 Å².